The van der Waals surface area contributed by atoms with E-state index in [0.717, 1.165) is 19.3 Å². The van der Waals surface area contributed by atoms with E-state index in [0.29, 0.717) is 11.8 Å². The zero-order chi connectivity index (χ0) is 37.7. The predicted molar refractivity (Wildman–Crippen MR) is 224 cm³/mol. The molecule has 288 valence electrons. The Morgan fingerprint density at radius 1 is 0.796 bits per heavy atom. The Morgan fingerprint density at radius 2 is 1.39 bits per heavy atom. The summed E-state index contributed by atoms with van der Waals surface area (Å²) in [6.07, 6.45) is 20.4. The van der Waals surface area contributed by atoms with E-state index in [1.807, 2.05) is 12.2 Å². The molecule has 54 heavy (non-hydrogen) atoms. The van der Waals surface area contributed by atoms with Crippen LogP contribution in [0.3, 0.4) is 0 Å². The van der Waals surface area contributed by atoms with Crippen molar-refractivity contribution in [2.75, 3.05) is 0 Å². The van der Waals surface area contributed by atoms with Crippen LogP contribution in [-0.2, 0) is 47.9 Å². The molecule has 0 N–H and O–H groups in total. The average Bonchev–Trinajstić information content (AvgIpc) is 3.85. The van der Waals surface area contributed by atoms with Crippen molar-refractivity contribution < 1.29 is 49.0 Å². The quantitative estimate of drug-likeness (QED) is 0.106. The molecule has 2 aliphatic carbocycles. The van der Waals surface area contributed by atoms with Gasteiger partial charge in [-0.15, -0.1) is 17.5 Å². The minimum atomic E-state index is -0.0649. The fourth-order valence-electron chi connectivity index (χ4n) is 7.70. The second-order valence-corrected chi connectivity index (χ2v) is 18.0. The van der Waals surface area contributed by atoms with Crippen molar-refractivity contribution in [1.29, 1.82) is 0 Å². The van der Waals surface area contributed by atoms with Gasteiger partial charge < -0.3 is 24.8 Å². The SMILES string of the molecule is CCCC[C](=[Zr+2])CCCC.Cc1cc2c(c(C(C)(C)c3ccccc3)c1)-c1ccc(CC(C)C(C)C(C)(C)c3ccccc3)[c-]c1C2.[C-]1=CC=CC1.[Cl-].[Cl-]. The van der Waals surface area contributed by atoms with Gasteiger partial charge in [0.2, 0.25) is 0 Å². The van der Waals surface area contributed by atoms with Gasteiger partial charge in [0.25, 0.3) is 0 Å². The summed E-state index contributed by atoms with van der Waals surface area (Å²) < 4.78 is 1.79. The zero-order valence-electron chi connectivity index (χ0n) is 34.6. The molecule has 3 heteroatoms. The molecule has 0 radical (unpaired) electrons. The molecule has 0 bridgehead atoms. The standard InChI is InChI=1S/C37H41.C9H18.C5H5.2ClH.Zr/c1-25-20-30-24-29-23-28(22-26(2)27(3)36(4,5)31-14-10-8-11-15-31)18-19-33(29)35(30)34(21-25)37(6,7)32-16-12-9-13-17-32;1-3-5-7-9-8-6-4-2;1-2-4-5-3-1;;;/h8-21,26-27H,22,24H2,1-7H3;3-8H2,1-2H3;1-3H,4H2;2*1H;/q-1;;-1;;;+2/p-2. The van der Waals surface area contributed by atoms with Gasteiger partial charge in [0.05, 0.1) is 0 Å². The molecule has 4 aromatic rings. The molecule has 0 heterocycles. The van der Waals surface area contributed by atoms with Crippen LogP contribution in [0.5, 0.6) is 0 Å². The Balaban J connectivity index is 0.000000498. The molecule has 0 saturated carbocycles. The van der Waals surface area contributed by atoms with Crippen molar-refractivity contribution in [3.05, 3.63) is 154 Å². The smallest absolute Gasteiger partial charge is 0.0142 e. The molecule has 0 spiro atoms. The molecule has 0 nitrogen and oxygen atoms in total. The van der Waals surface area contributed by atoms with E-state index in [4.69, 9.17) is 0 Å². The van der Waals surface area contributed by atoms with E-state index < -0.39 is 0 Å². The molecule has 2 atom stereocenters. The fourth-order valence-corrected chi connectivity index (χ4v) is 8.57. The Labute approximate surface area is 357 Å². The van der Waals surface area contributed by atoms with E-state index in [1.165, 1.54) is 88.6 Å². The maximum atomic E-state index is 3.89. The van der Waals surface area contributed by atoms with Crippen molar-refractivity contribution in [2.24, 2.45) is 11.8 Å². The van der Waals surface area contributed by atoms with Gasteiger partial charge in [-0.3, -0.25) is 6.08 Å². The van der Waals surface area contributed by atoms with Gasteiger partial charge in [-0.1, -0.05) is 125 Å². The third-order valence-electron chi connectivity index (χ3n) is 11.6. The Hall–Kier alpha value is -2.31. The number of allylic oxidation sites excluding steroid dienone is 4. The van der Waals surface area contributed by atoms with E-state index in [-0.39, 0.29) is 35.6 Å². The van der Waals surface area contributed by atoms with Crippen LogP contribution in [0.4, 0.5) is 0 Å². The van der Waals surface area contributed by atoms with Crippen LogP contribution in [0.2, 0.25) is 0 Å². The van der Waals surface area contributed by atoms with Crippen LogP contribution in [0.15, 0.2) is 103 Å². The van der Waals surface area contributed by atoms with Crippen LogP contribution in [0, 0.1) is 30.9 Å². The first-order valence-corrected chi connectivity index (χ1v) is 21.2. The zero-order valence-corrected chi connectivity index (χ0v) is 38.6. The van der Waals surface area contributed by atoms with Crippen LogP contribution < -0.4 is 24.8 Å². The average molecular weight is 839 g/mol. The second kappa shape index (κ2) is 23.1. The fraction of sp³-hybridized carbons (Fsp3) is 0.431. The topological polar surface area (TPSA) is 0 Å². The minimum absolute atomic E-state index is 0. The minimum Gasteiger partial charge on any atom is -1.00 e. The molecule has 0 aromatic heterocycles. The molecule has 0 amide bonds. The molecule has 2 unspecified atom stereocenters. The van der Waals surface area contributed by atoms with Crippen molar-refractivity contribution in [2.45, 2.75) is 131 Å². The summed E-state index contributed by atoms with van der Waals surface area (Å²) in [5.41, 5.74) is 12.6. The van der Waals surface area contributed by atoms with Crippen LogP contribution in [0.1, 0.15) is 139 Å². The molecule has 0 aliphatic heterocycles. The first kappa shape index (κ1) is 47.8. The van der Waals surface area contributed by atoms with E-state index in [2.05, 4.69) is 165 Å². The molecule has 6 rings (SSSR count). The number of hydrogen-bond acceptors (Lipinski definition) is 0. The summed E-state index contributed by atoms with van der Waals surface area (Å²) in [6.45, 7) is 21.1. The number of aryl methyl sites for hydroxylation is 1. The maximum absolute atomic E-state index is 3.89. The predicted octanol–water partition coefficient (Wildman–Crippen LogP) is 7.88. The van der Waals surface area contributed by atoms with E-state index in [9.17, 15) is 0 Å². The summed E-state index contributed by atoms with van der Waals surface area (Å²) in [4.78, 5) is 0. The van der Waals surface area contributed by atoms with Gasteiger partial charge >= 0.3 is 79.8 Å². The summed E-state index contributed by atoms with van der Waals surface area (Å²) in [5.74, 6) is 1.11. The van der Waals surface area contributed by atoms with E-state index in [1.54, 1.807) is 27.4 Å². The van der Waals surface area contributed by atoms with Crippen LogP contribution >= 0.6 is 0 Å². The number of unbranched alkanes of at least 4 members (excludes halogenated alkanes) is 2. The molecule has 2 aliphatic rings. The van der Waals surface area contributed by atoms with Gasteiger partial charge in [0.1, 0.15) is 0 Å². The summed E-state index contributed by atoms with van der Waals surface area (Å²) >= 11 is 1.67. The van der Waals surface area contributed by atoms with E-state index >= 15 is 0 Å². The maximum Gasteiger partial charge on any atom is 0.0142 e. The largest absolute Gasteiger partial charge is 1.00 e. The number of rotatable bonds is 13. The second-order valence-electron chi connectivity index (χ2n) is 16.3. The van der Waals surface area contributed by atoms with Crippen molar-refractivity contribution in [1.82, 2.24) is 0 Å². The summed E-state index contributed by atoms with van der Waals surface area (Å²) in [5, 5.41) is 0. The van der Waals surface area contributed by atoms with Gasteiger partial charge in [0.15, 0.2) is 0 Å². The molecule has 0 fully saturated rings. The Bertz CT molecular complexity index is 1760. The number of benzene rings is 4. The summed E-state index contributed by atoms with van der Waals surface area (Å²) in [6, 6.07) is 35.3. The Morgan fingerprint density at radius 3 is 1.91 bits per heavy atom. The Kier molecular flexibility index (Phi) is 20.4. The van der Waals surface area contributed by atoms with Gasteiger partial charge in [-0.2, -0.15) is 29.8 Å². The third-order valence-corrected chi connectivity index (χ3v) is 12.8. The van der Waals surface area contributed by atoms with Crippen LogP contribution in [0.25, 0.3) is 11.1 Å². The van der Waals surface area contributed by atoms with Crippen LogP contribution in [-0.4, -0.2) is 3.21 Å². The van der Waals surface area contributed by atoms with Gasteiger partial charge in [-0.05, 0) is 59.3 Å². The van der Waals surface area contributed by atoms with Crippen molar-refractivity contribution >= 4 is 3.21 Å². The van der Waals surface area contributed by atoms with Gasteiger partial charge in [0, 0.05) is 5.41 Å². The normalized spacial score (nSPS) is 13.5. The molecule has 4 aromatic carbocycles. The van der Waals surface area contributed by atoms with Crippen molar-refractivity contribution in [3.63, 3.8) is 0 Å². The number of halogens is 2. The first-order chi connectivity index (χ1) is 24.9. The molecular weight excluding hydrogens is 775 g/mol. The van der Waals surface area contributed by atoms with Crippen molar-refractivity contribution in [3.8, 4) is 11.1 Å². The van der Waals surface area contributed by atoms with Gasteiger partial charge in [-0.25, -0.2) is 12.2 Å². The monoisotopic (exact) mass is 836 g/mol. The molecular formula is C51H64Cl2Zr-2. The molecule has 0 saturated heterocycles. The third kappa shape index (κ3) is 12.9. The summed E-state index contributed by atoms with van der Waals surface area (Å²) in [7, 11) is 0. The number of fused-ring (bicyclic) bond motifs is 3. The first-order valence-electron chi connectivity index (χ1n) is 20.0. The number of hydrogen-bond donors (Lipinski definition) is 0.